The Bertz CT molecular complexity index is 6.00. The van der Waals surface area contributed by atoms with E-state index in [0.29, 0.717) is 0 Å². The fourth-order valence-corrected chi connectivity index (χ4v) is 0. The predicted molar refractivity (Wildman–Crippen MR) is 15.2 cm³/mol. The molecule has 0 aromatic heterocycles. The molecule has 0 aromatic rings. The quantitative estimate of drug-likeness (QED) is 0.613. The molecule has 0 bridgehead atoms. The van der Waals surface area contributed by atoms with Gasteiger partial charge in [0.05, 0.1) is 0 Å². The number of rotatable bonds is 0. The molecular formula is Ag2S2. The van der Waals surface area contributed by atoms with E-state index in [2.05, 4.69) is 57.5 Å². The van der Waals surface area contributed by atoms with Gasteiger partial charge < -0.3 is 0 Å². The van der Waals surface area contributed by atoms with Gasteiger partial charge >= 0.3 is 57.5 Å². The van der Waals surface area contributed by atoms with Gasteiger partial charge in [-0.1, -0.05) is 0 Å². The molecular weight excluding hydrogens is 280 g/mol. The second kappa shape index (κ2) is 20.5. The molecule has 0 fully saturated rings. The normalized spacial score (nSPS) is 3.00. The maximum atomic E-state index is 3.89. The molecule has 4 heavy (non-hydrogen) atoms. The van der Waals surface area contributed by atoms with E-state index < -0.39 is 0 Å². The van der Waals surface area contributed by atoms with Crippen LogP contribution in [0.5, 0.6) is 0 Å². The second-order valence-corrected chi connectivity index (χ2v) is 0. The minimum absolute atomic E-state index is 2.53. The summed E-state index contributed by atoms with van der Waals surface area (Å²) in [4.78, 5) is 0. The van der Waals surface area contributed by atoms with Crippen molar-refractivity contribution >= 4 is 19.2 Å². The molecule has 0 aliphatic heterocycles. The average Bonchev–Trinajstić information content (AvgIpc) is 1.50. The summed E-state index contributed by atoms with van der Waals surface area (Å²) in [6.45, 7) is 0. The standard InChI is InChI=1S/2Ag.2S. The van der Waals surface area contributed by atoms with E-state index >= 15 is 0 Å². The summed E-state index contributed by atoms with van der Waals surface area (Å²) < 4.78 is 0. The molecule has 0 saturated carbocycles. The minimum atomic E-state index is 2.53. The molecule has 0 atom stereocenters. The van der Waals surface area contributed by atoms with Crippen molar-refractivity contribution in [1.82, 2.24) is 0 Å². The van der Waals surface area contributed by atoms with Crippen LogP contribution in [0.1, 0.15) is 0 Å². The average molecular weight is 280 g/mol. The number of hydrogen-bond donors (Lipinski definition) is 0. The van der Waals surface area contributed by atoms with Crippen LogP contribution in [0, 0.1) is 0 Å². The van der Waals surface area contributed by atoms with E-state index in [4.69, 9.17) is 0 Å². The fourth-order valence-electron chi connectivity index (χ4n) is 0. The molecule has 0 unspecified atom stereocenters. The van der Waals surface area contributed by atoms with Crippen molar-refractivity contribution in [1.29, 1.82) is 0 Å². The van der Waals surface area contributed by atoms with Crippen LogP contribution in [-0.4, -0.2) is 0 Å². The van der Waals surface area contributed by atoms with Crippen molar-refractivity contribution in [3.63, 3.8) is 0 Å². The first-order valence-electron chi connectivity index (χ1n) is 0.246. The molecule has 0 N–H and O–H groups in total. The Kier molecular flexibility index (Phi) is 47.8. The van der Waals surface area contributed by atoms with E-state index in [-0.39, 0.29) is 0 Å². The van der Waals surface area contributed by atoms with Gasteiger partial charge in [-0.15, -0.1) is 0 Å². The Balaban J connectivity index is 0. The number of hydrogen-bond acceptors (Lipinski definition) is 2. The van der Waals surface area contributed by atoms with Gasteiger partial charge in [0.1, 0.15) is 0 Å². The molecule has 0 aromatic carbocycles. The van der Waals surface area contributed by atoms with Crippen molar-refractivity contribution in [3.05, 3.63) is 0 Å². The van der Waals surface area contributed by atoms with Crippen LogP contribution in [-0.2, 0) is 38.4 Å². The first-order chi connectivity index (χ1) is 2.00. The topological polar surface area (TPSA) is 0 Å². The first-order valence-corrected chi connectivity index (χ1v) is 4.37. The maximum absolute atomic E-state index is 3.89. The van der Waals surface area contributed by atoms with Crippen LogP contribution in [0.25, 0.3) is 0 Å². The van der Waals surface area contributed by atoms with Crippen LogP contribution in [0.2, 0.25) is 0 Å². The van der Waals surface area contributed by atoms with Gasteiger partial charge in [0, 0.05) is 0 Å². The monoisotopic (exact) mass is 278 g/mol. The fraction of sp³-hybridized carbons (Fsp3) is 0. The zero-order valence-corrected chi connectivity index (χ0v) is 6.02. The summed E-state index contributed by atoms with van der Waals surface area (Å²) in [5, 5.41) is 0. The van der Waals surface area contributed by atoms with E-state index in [1.54, 1.807) is 0 Å². The molecule has 0 rings (SSSR count). The molecule has 0 aliphatic carbocycles. The summed E-state index contributed by atoms with van der Waals surface area (Å²) >= 11 is 5.07. The molecule has 0 saturated heterocycles. The third-order valence-corrected chi connectivity index (χ3v) is 0. The molecule has 0 aliphatic rings. The van der Waals surface area contributed by atoms with Crippen molar-refractivity contribution in [2.45, 2.75) is 0 Å². The Morgan fingerprint density at radius 2 is 0.750 bits per heavy atom. The zero-order chi connectivity index (χ0) is 4.00. The van der Waals surface area contributed by atoms with Crippen LogP contribution in [0.15, 0.2) is 0 Å². The predicted octanol–water partition coefficient (Wildman–Crippen LogP) is 1.29. The Labute approximate surface area is 56.8 Å². The molecule has 0 nitrogen and oxygen atoms in total. The molecule has 0 amide bonds. The Morgan fingerprint density at radius 3 is 0.750 bits per heavy atom. The SMILES string of the molecule is [S]=[Ag].[S]=[Ag]. The van der Waals surface area contributed by atoms with E-state index in [0.717, 1.165) is 0 Å². The van der Waals surface area contributed by atoms with Gasteiger partial charge in [0.25, 0.3) is 0 Å². The van der Waals surface area contributed by atoms with Gasteiger partial charge in [-0.25, -0.2) is 0 Å². The van der Waals surface area contributed by atoms with Crippen LogP contribution in [0.3, 0.4) is 0 Å². The van der Waals surface area contributed by atoms with Gasteiger partial charge in [0.15, 0.2) is 0 Å². The van der Waals surface area contributed by atoms with E-state index in [1.807, 2.05) is 0 Å². The molecule has 34 valence electrons. The van der Waals surface area contributed by atoms with Gasteiger partial charge in [-0.05, 0) is 0 Å². The van der Waals surface area contributed by atoms with E-state index in [1.165, 1.54) is 0 Å². The first kappa shape index (κ1) is 9.33. The second-order valence-electron chi connectivity index (χ2n) is 0. The van der Waals surface area contributed by atoms with Crippen molar-refractivity contribution in [3.8, 4) is 0 Å². The van der Waals surface area contributed by atoms with Gasteiger partial charge in [0.2, 0.25) is 0 Å². The van der Waals surface area contributed by atoms with Crippen molar-refractivity contribution in [2.75, 3.05) is 0 Å². The van der Waals surface area contributed by atoms with Gasteiger partial charge in [-0.2, -0.15) is 0 Å². The summed E-state index contributed by atoms with van der Waals surface area (Å²) in [5.41, 5.74) is 0. The molecule has 4 heteroatoms. The van der Waals surface area contributed by atoms with Crippen LogP contribution >= 0.6 is 19.2 Å². The summed E-state index contributed by atoms with van der Waals surface area (Å²) in [6.07, 6.45) is 0. The van der Waals surface area contributed by atoms with E-state index in [9.17, 15) is 0 Å². The summed E-state index contributed by atoms with van der Waals surface area (Å²) in [7, 11) is 7.79. The summed E-state index contributed by atoms with van der Waals surface area (Å²) in [6, 6.07) is 0. The molecule has 0 heterocycles. The Hall–Kier alpha value is 1.92. The van der Waals surface area contributed by atoms with Crippen LogP contribution in [0.4, 0.5) is 0 Å². The third-order valence-electron chi connectivity index (χ3n) is 0. The van der Waals surface area contributed by atoms with Crippen LogP contribution < -0.4 is 0 Å². The van der Waals surface area contributed by atoms with Crippen molar-refractivity contribution < 1.29 is 38.4 Å². The Morgan fingerprint density at radius 1 is 0.750 bits per heavy atom. The molecule has 0 spiro atoms. The molecule has 0 radical (unpaired) electrons. The van der Waals surface area contributed by atoms with Gasteiger partial charge in [-0.3, -0.25) is 0 Å². The third kappa shape index (κ3) is 9.07. The van der Waals surface area contributed by atoms with Crippen molar-refractivity contribution in [2.24, 2.45) is 0 Å². The zero-order valence-electron chi connectivity index (χ0n) is 1.42. The summed E-state index contributed by atoms with van der Waals surface area (Å²) in [5.74, 6) is 0.